The van der Waals surface area contributed by atoms with Gasteiger partial charge in [-0.3, -0.25) is 0 Å². The van der Waals surface area contributed by atoms with Gasteiger partial charge >= 0.3 is 5.97 Å². The molecule has 76 valence electrons. The first-order valence-electron chi connectivity index (χ1n) is 4.72. The molecule has 1 heterocycles. The topological polar surface area (TPSA) is 76.5 Å². The Hall–Kier alpha value is -1.29. The van der Waals surface area contributed by atoms with Gasteiger partial charge in [-0.2, -0.15) is 0 Å². The minimum atomic E-state index is -1.30. The molecule has 0 radical (unpaired) electrons. The van der Waals surface area contributed by atoms with E-state index < -0.39 is 11.5 Å². The van der Waals surface area contributed by atoms with Crippen molar-refractivity contribution in [3.8, 4) is 0 Å². The van der Waals surface area contributed by atoms with Crippen LogP contribution in [0.4, 0.5) is 0 Å². The van der Waals surface area contributed by atoms with Crippen molar-refractivity contribution >= 4 is 5.97 Å². The molecule has 1 aliphatic carbocycles. The lowest BCUT2D eigenvalue weighted by Crippen LogP contribution is -2.42. The third kappa shape index (κ3) is 1.07. The highest BCUT2D eigenvalue weighted by Gasteiger charge is 2.45. The molecule has 1 aromatic rings. The second kappa shape index (κ2) is 2.85. The smallest absolute Gasteiger partial charge is 0.331 e. The van der Waals surface area contributed by atoms with Crippen molar-refractivity contribution in [3.63, 3.8) is 0 Å². The van der Waals surface area contributed by atoms with Gasteiger partial charge in [0.2, 0.25) is 0 Å². The van der Waals surface area contributed by atoms with Crippen LogP contribution in [0.15, 0.2) is 10.5 Å². The van der Waals surface area contributed by atoms with Gasteiger partial charge in [0.05, 0.1) is 0 Å². The van der Waals surface area contributed by atoms with Gasteiger partial charge < -0.3 is 15.3 Å². The van der Waals surface area contributed by atoms with Crippen LogP contribution in [-0.2, 0) is 23.2 Å². The third-order valence-corrected chi connectivity index (χ3v) is 2.78. The number of hydrogen-bond donors (Lipinski definition) is 2. The van der Waals surface area contributed by atoms with Crippen LogP contribution in [0.25, 0.3) is 0 Å². The van der Waals surface area contributed by atoms with Crippen molar-refractivity contribution in [2.75, 3.05) is 0 Å². The summed E-state index contributed by atoms with van der Waals surface area (Å²) in [6, 6.07) is 1.91. The molecule has 4 heteroatoms. The van der Waals surface area contributed by atoms with E-state index in [2.05, 4.69) is 0 Å². The maximum Gasteiger partial charge on any atom is 0.331 e. The first-order valence-corrected chi connectivity index (χ1v) is 4.72. The molecular weight excluding hydrogens is 182 g/mol. The monoisotopic (exact) mass is 195 g/mol. The fourth-order valence-corrected chi connectivity index (χ4v) is 1.87. The molecule has 3 N–H and O–H groups in total. The highest BCUT2D eigenvalue weighted by atomic mass is 16.4. The van der Waals surface area contributed by atoms with Gasteiger partial charge in [0.25, 0.3) is 0 Å². The summed E-state index contributed by atoms with van der Waals surface area (Å²) < 4.78 is 5.45. The zero-order chi connectivity index (χ0) is 10.3. The predicted octanol–water partition coefficient (Wildman–Crippen LogP) is 1.03. The van der Waals surface area contributed by atoms with E-state index >= 15 is 0 Å². The lowest BCUT2D eigenvalue weighted by Gasteiger charge is -2.16. The van der Waals surface area contributed by atoms with Crippen LogP contribution in [0.1, 0.15) is 30.4 Å². The van der Waals surface area contributed by atoms with E-state index in [1.807, 2.05) is 13.0 Å². The van der Waals surface area contributed by atoms with Gasteiger partial charge in [-0.15, -0.1) is 0 Å². The molecular formula is C10H13NO3. The molecule has 2 rings (SSSR count). The zero-order valence-corrected chi connectivity index (χ0v) is 8.04. The zero-order valence-electron chi connectivity index (χ0n) is 8.04. The summed E-state index contributed by atoms with van der Waals surface area (Å²) in [6.45, 7) is 1.97. The van der Waals surface area contributed by atoms with Crippen molar-refractivity contribution in [1.29, 1.82) is 0 Å². The molecule has 0 aliphatic heterocycles. The van der Waals surface area contributed by atoms with Gasteiger partial charge in [0, 0.05) is 6.42 Å². The van der Waals surface area contributed by atoms with E-state index in [0.29, 0.717) is 18.6 Å². The Morgan fingerprint density at radius 2 is 2.50 bits per heavy atom. The Labute approximate surface area is 81.7 Å². The van der Waals surface area contributed by atoms with Gasteiger partial charge in [-0.25, -0.2) is 4.79 Å². The van der Waals surface area contributed by atoms with Crippen LogP contribution in [0.3, 0.4) is 0 Å². The van der Waals surface area contributed by atoms with Crippen LogP contribution < -0.4 is 5.73 Å². The molecule has 0 amide bonds. The quantitative estimate of drug-likeness (QED) is 0.738. The molecule has 4 nitrogen and oxygen atoms in total. The number of aryl methyl sites for hydroxylation is 2. The Morgan fingerprint density at radius 1 is 1.79 bits per heavy atom. The minimum absolute atomic E-state index is 0.431. The van der Waals surface area contributed by atoms with Crippen LogP contribution in [0, 0.1) is 0 Å². The summed E-state index contributed by atoms with van der Waals surface area (Å²) in [5, 5.41) is 9.02. The van der Waals surface area contributed by atoms with E-state index in [1.54, 1.807) is 0 Å². The molecule has 0 spiro atoms. The lowest BCUT2D eigenvalue weighted by atomic mass is 10.00. The van der Waals surface area contributed by atoms with Crippen molar-refractivity contribution in [2.45, 2.75) is 31.7 Å². The Kier molecular flexibility index (Phi) is 1.89. The normalized spacial score (nSPS) is 25.0. The number of rotatable bonds is 2. The molecule has 14 heavy (non-hydrogen) atoms. The Bertz CT molecular complexity index is 383. The van der Waals surface area contributed by atoms with E-state index in [-0.39, 0.29) is 0 Å². The van der Waals surface area contributed by atoms with E-state index in [9.17, 15) is 4.79 Å². The maximum absolute atomic E-state index is 11.0. The standard InChI is InChI=1S/C10H13NO3/c1-2-7-5-6-3-4-10(11,9(12)13)8(6)14-7/h5H,2-4,11H2,1H3,(H,12,13). The molecule has 0 saturated heterocycles. The number of carbonyl (C=O) groups is 1. The molecule has 0 saturated carbocycles. The number of fused-ring (bicyclic) bond motifs is 1. The summed E-state index contributed by atoms with van der Waals surface area (Å²) in [5.41, 5.74) is 5.44. The first kappa shape index (κ1) is 9.27. The molecule has 1 atom stereocenters. The number of carboxylic acid groups (broad SMARTS) is 1. The number of aliphatic carboxylic acids is 1. The number of nitrogens with two attached hydrogens (primary N) is 1. The second-order valence-electron chi connectivity index (χ2n) is 3.70. The van der Waals surface area contributed by atoms with E-state index in [0.717, 1.165) is 17.7 Å². The summed E-state index contributed by atoms with van der Waals surface area (Å²) in [7, 11) is 0. The van der Waals surface area contributed by atoms with Crippen molar-refractivity contribution in [1.82, 2.24) is 0 Å². The molecule has 0 aromatic carbocycles. The number of carboxylic acids is 1. The second-order valence-corrected chi connectivity index (χ2v) is 3.70. The van der Waals surface area contributed by atoms with Crippen LogP contribution in [0.2, 0.25) is 0 Å². The summed E-state index contributed by atoms with van der Waals surface area (Å²) >= 11 is 0. The SMILES string of the molecule is CCc1cc2c(o1)C(N)(C(=O)O)CC2. The number of furan rings is 1. The van der Waals surface area contributed by atoms with Gasteiger partial charge in [-0.05, 0) is 24.5 Å². The Balaban J connectivity index is 2.47. The van der Waals surface area contributed by atoms with Crippen molar-refractivity contribution < 1.29 is 14.3 Å². The third-order valence-electron chi connectivity index (χ3n) is 2.78. The largest absolute Gasteiger partial charge is 0.480 e. The fourth-order valence-electron chi connectivity index (χ4n) is 1.87. The van der Waals surface area contributed by atoms with Crippen LogP contribution >= 0.6 is 0 Å². The summed E-state index contributed by atoms with van der Waals surface area (Å²) in [6.07, 6.45) is 1.89. The molecule has 1 aliphatic rings. The maximum atomic E-state index is 11.0. The average Bonchev–Trinajstić information content (AvgIpc) is 2.67. The van der Waals surface area contributed by atoms with Gasteiger partial charge in [-0.1, -0.05) is 6.92 Å². The molecule has 0 bridgehead atoms. The van der Waals surface area contributed by atoms with Crippen molar-refractivity contribution in [2.24, 2.45) is 5.73 Å². The van der Waals surface area contributed by atoms with Crippen LogP contribution in [-0.4, -0.2) is 11.1 Å². The average molecular weight is 195 g/mol. The molecule has 0 fully saturated rings. The first-order chi connectivity index (χ1) is 6.58. The number of hydrogen-bond acceptors (Lipinski definition) is 3. The summed E-state index contributed by atoms with van der Waals surface area (Å²) in [4.78, 5) is 11.0. The highest BCUT2D eigenvalue weighted by Crippen LogP contribution is 2.37. The van der Waals surface area contributed by atoms with E-state index in [4.69, 9.17) is 15.3 Å². The van der Waals surface area contributed by atoms with Crippen LogP contribution in [0.5, 0.6) is 0 Å². The fraction of sp³-hybridized carbons (Fsp3) is 0.500. The minimum Gasteiger partial charge on any atom is -0.480 e. The Morgan fingerprint density at radius 3 is 3.07 bits per heavy atom. The molecule has 1 unspecified atom stereocenters. The highest BCUT2D eigenvalue weighted by molar-refractivity contribution is 5.81. The van der Waals surface area contributed by atoms with Crippen molar-refractivity contribution in [3.05, 3.63) is 23.2 Å². The predicted molar refractivity (Wildman–Crippen MR) is 49.9 cm³/mol. The summed E-state index contributed by atoms with van der Waals surface area (Å²) in [5.74, 6) is 0.251. The molecule has 1 aromatic heterocycles. The lowest BCUT2D eigenvalue weighted by molar-refractivity contribution is -0.144. The van der Waals surface area contributed by atoms with Gasteiger partial charge in [0.1, 0.15) is 11.5 Å². The van der Waals surface area contributed by atoms with Gasteiger partial charge in [0.15, 0.2) is 5.54 Å². The van der Waals surface area contributed by atoms with E-state index in [1.165, 1.54) is 0 Å².